The molecule has 1 aliphatic rings. The van der Waals surface area contributed by atoms with Gasteiger partial charge in [-0.25, -0.2) is 4.98 Å². The fourth-order valence-corrected chi connectivity index (χ4v) is 2.68. The number of thiazole rings is 1. The second kappa shape index (κ2) is 5.61. The standard InChI is InChI=1S/C10H14ClN3OS/c11-5-8-7-16-10(13-8)1-3-14-4-2-12-9(15)6-14/h7H,1-6H2,(H,12,15). The van der Waals surface area contributed by atoms with E-state index in [4.69, 9.17) is 11.6 Å². The van der Waals surface area contributed by atoms with Gasteiger partial charge in [0.25, 0.3) is 0 Å². The van der Waals surface area contributed by atoms with Crippen LogP contribution in [0.15, 0.2) is 5.38 Å². The van der Waals surface area contributed by atoms with Gasteiger partial charge in [-0.1, -0.05) is 0 Å². The lowest BCUT2D eigenvalue weighted by Gasteiger charge is -2.25. The van der Waals surface area contributed by atoms with Crippen LogP contribution in [0, 0.1) is 0 Å². The van der Waals surface area contributed by atoms with Gasteiger partial charge in [0.15, 0.2) is 0 Å². The lowest BCUT2D eigenvalue weighted by molar-refractivity contribution is -0.124. The van der Waals surface area contributed by atoms with Gasteiger partial charge >= 0.3 is 0 Å². The summed E-state index contributed by atoms with van der Waals surface area (Å²) in [6.07, 6.45) is 0.898. The van der Waals surface area contributed by atoms with Crippen molar-refractivity contribution in [1.82, 2.24) is 15.2 Å². The van der Waals surface area contributed by atoms with E-state index in [0.717, 1.165) is 36.8 Å². The molecule has 1 saturated heterocycles. The molecule has 4 nitrogen and oxygen atoms in total. The Kier molecular flexibility index (Phi) is 4.15. The van der Waals surface area contributed by atoms with Gasteiger partial charge in [-0.2, -0.15) is 0 Å². The maximum Gasteiger partial charge on any atom is 0.234 e. The van der Waals surface area contributed by atoms with E-state index in [0.29, 0.717) is 12.4 Å². The Morgan fingerprint density at radius 3 is 3.19 bits per heavy atom. The van der Waals surface area contributed by atoms with Crippen molar-refractivity contribution in [2.24, 2.45) is 0 Å². The highest BCUT2D eigenvalue weighted by atomic mass is 35.5. The van der Waals surface area contributed by atoms with Gasteiger partial charge < -0.3 is 5.32 Å². The van der Waals surface area contributed by atoms with Crippen molar-refractivity contribution < 1.29 is 4.79 Å². The van der Waals surface area contributed by atoms with E-state index in [1.165, 1.54) is 0 Å². The maximum atomic E-state index is 11.2. The summed E-state index contributed by atoms with van der Waals surface area (Å²) in [5.74, 6) is 0.592. The Hall–Kier alpha value is -0.650. The van der Waals surface area contributed by atoms with Gasteiger partial charge in [-0.15, -0.1) is 22.9 Å². The molecule has 16 heavy (non-hydrogen) atoms. The highest BCUT2D eigenvalue weighted by Gasteiger charge is 2.15. The van der Waals surface area contributed by atoms with E-state index in [9.17, 15) is 4.79 Å². The van der Waals surface area contributed by atoms with Gasteiger partial charge in [0.05, 0.1) is 23.1 Å². The Morgan fingerprint density at radius 2 is 2.50 bits per heavy atom. The molecule has 2 heterocycles. The van der Waals surface area contributed by atoms with Crippen molar-refractivity contribution in [3.63, 3.8) is 0 Å². The molecule has 0 spiro atoms. The van der Waals surface area contributed by atoms with Crippen LogP contribution in [-0.2, 0) is 17.1 Å². The second-order valence-electron chi connectivity index (χ2n) is 3.74. The van der Waals surface area contributed by atoms with Crippen molar-refractivity contribution in [3.8, 4) is 0 Å². The Labute approximate surface area is 104 Å². The fraction of sp³-hybridized carbons (Fsp3) is 0.600. The molecule has 0 radical (unpaired) electrons. The molecule has 1 amide bonds. The summed E-state index contributed by atoms with van der Waals surface area (Å²) in [5, 5.41) is 5.90. The number of nitrogens with zero attached hydrogens (tertiary/aromatic N) is 2. The topological polar surface area (TPSA) is 45.2 Å². The van der Waals surface area contributed by atoms with Gasteiger partial charge in [0.1, 0.15) is 0 Å². The van der Waals surface area contributed by atoms with Crippen LogP contribution in [0.5, 0.6) is 0 Å². The minimum atomic E-state index is 0.117. The summed E-state index contributed by atoms with van der Waals surface area (Å²) in [5.41, 5.74) is 0.943. The number of aromatic nitrogens is 1. The number of carbonyl (C=O) groups is 1. The predicted octanol–water partition coefficient (Wildman–Crippen LogP) is 0.856. The highest BCUT2D eigenvalue weighted by Crippen LogP contribution is 2.12. The lowest BCUT2D eigenvalue weighted by Crippen LogP contribution is -2.48. The van der Waals surface area contributed by atoms with E-state index < -0.39 is 0 Å². The lowest BCUT2D eigenvalue weighted by atomic mass is 10.3. The molecule has 0 aromatic carbocycles. The van der Waals surface area contributed by atoms with Crippen LogP contribution in [0.4, 0.5) is 0 Å². The molecule has 88 valence electrons. The largest absolute Gasteiger partial charge is 0.354 e. The van der Waals surface area contributed by atoms with Gasteiger partial charge in [0, 0.05) is 31.4 Å². The normalized spacial score (nSPS) is 17.4. The molecule has 0 unspecified atom stereocenters. The zero-order valence-electron chi connectivity index (χ0n) is 8.91. The van der Waals surface area contributed by atoms with E-state index in [2.05, 4.69) is 15.2 Å². The van der Waals surface area contributed by atoms with Crippen molar-refractivity contribution in [2.45, 2.75) is 12.3 Å². The summed E-state index contributed by atoms with van der Waals surface area (Å²) in [4.78, 5) is 17.7. The third-order valence-electron chi connectivity index (χ3n) is 2.50. The average molecular weight is 260 g/mol. The first-order valence-corrected chi connectivity index (χ1v) is 6.67. The molecule has 1 fully saturated rings. The smallest absolute Gasteiger partial charge is 0.234 e. The number of alkyl halides is 1. The summed E-state index contributed by atoms with van der Waals surface area (Å²) in [7, 11) is 0. The first kappa shape index (κ1) is 11.8. The molecule has 0 saturated carbocycles. The molecule has 1 N–H and O–H groups in total. The fourth-order valence-electron chi connectivity index (χ4n) is 1.66. The quantitative estimate of drug-likeness (QED) is 0.816. The molecule has 0 bridgehead atoms. The Morgan fingerprint density at radius 1 is 1.62 bits per heavy atom. The molecule has 6 heteroatoms. The van der Waals surface area contributed by atoms with Crippen molar-refractivity contribution in [3.05, 3.63) is 16.1 Å². The van der Waals surface area contributed by atoms with Gasteiger partial charge in [-0.3, -0.25) is 9.69 Å². The zero-order chi connectivity index (χ0) is 11.4. The number of rotatable bonds is 4. The molecular formula is C10H14ClN3OS. The number of carbonyl (C=O) groups excluding carboxylic acids is 1. The van der Waals surface area contributed by atoms with Crippen molar-refractivity contribution >= 4 is 28.8 Å². The molecule has 0 aliphatic carbocycles. The van der Waals surface area contributed by atoms with Crippen LogP contribution < -0.4 is 5.32 Å². The molecule has 0 atom stereocenters. The molecule has 1 aromatic rings. The average Bonchev–Trinajstić information content (AvgIpc) is 2.74. The predicted molar refractivity (Wildman–Crippen MR) is 64.8 cm³/mol. The van der Waals surface area contributed by atoms with E-state index in [1.54, 1.807) is 11.3 Å². The third kappa shape index (κ3) is 3.17. The van der Waals surface area contributed by atoms with E-state index in [-0.39, 0.29) is 5.91 Å². The number of halogens is 1. The second-order valence-corrected chi connectivity index (χ2v) is 4.95. The van der Waals surface area contributed by atoms with Crippen LogP contribution in [0.1, 0.15) is 10.7 Å². The van der Waals surface area contributed by atoms with Crippen LogP contribution in [-0.4, -0.2) is 42.0 Å². The first-order valence-electron chi connectivity index (χ1n) is 5.26. The van der Waals surface area contributed by atoms with Crippen molar-refractivity contribution in [1.29, 1.82) is 0 Å². The molecule has 1 aliphatic heterocycles. The number of amides is 1. The summed E-state index contributed by atoms with van der Waals surface area (Å²) >= 11 is 7.33. The molecule has 1 aromatic heterocycles. The summed E-state index contributed by atoms with van der Waals surface area (Å²) in [6, 6.07) is 0. The first-order chi connectivity index (χ1) is 7.78. The minimum absolute atomic E-state index is 0.117. The van der Waals surface area contributed by atoms with Gasteiger partial charge in [0.2, 0.25) is 5.91 Å². The Bertz CT molecular complexity index is 369. The number of piperazine rings is 1. The number of hydrogen-bond donors (Lipinski definition) is 1. The highest BCUT2D eigenvalue weighted by molar-refractivity contribution is 7.09. The van der Waals surface area contributed by atoms with Crippen LogP contribution >= 0.6 is 22.9 Å². The summed E-state index contributed by atoms with van der Waals surface area (Å²) < 4.78 is 0. The minimum Gasteiger partial charge on any atom is -0.354 e. The van der Waals surface area contributed by atoms with Crippen LogP contribution in [0.25, 0.3) is 0 Å². The Balaban J connectivity index is 1.80. The number of nitrogens with one attached hydrogen (secondary N) is 1. The van der Waals surface area contributed by atoms with E-state index in [1.807, 2.05) is 5.38 Å². The van der Waals surface area contributed by atoms with Crippen molar-refractivity contribution in [2.75, 3.05) is 26.2 Å². The third-order valence-corrected chi connectivity index (χ3v) is 3.73. The monoisotopic (exact) mass is 259 g/mol. The molecule has 2 rings (SSSR count). The van der Waals surface area contributed by atoms with E-state index >= 15 is 0 Å². The summed E-state index contributed by atoms with van der Waals surface area (Å²) in [6.45, 7) is 3.08. The van der Waals surface area contributed by atoms with Crippen LogP contribution in [0.2, 0.25) is 0 Å². The zero-order valence-corrected chi connectivity index (χ0v) is 10.5. The van der Waals surface area contributed by atoms with Crippen LogP contribution in [0.3, 0.4) is 0 Å². The maximum absolute atomic E-state index is 11.2. The molecular weight excluding hydrogens is 246 g/mol. The van der Waals surface area contributed by atoms with Gasteiger partial charge in [-0.05, 0) is 0 Å². The SMILES string of the molecule is O=C1CN(CCc2nc(CCl)cs2)CCN1. The number of hydrogen-bond acceptors (Lipinski definition) is 4.